The van der Waals surface area contributed by atoms with Crippen LogP contribution in [0.5, 0.6) is 0 Å². The Kier molecular flexibility index (Phi) is 6.25. The van der Waals surface area contributed by atoms with E-state index in [2.05, 4.69) is 20.9 Å². The normalized spacial score (nSPS) is 18.5. The number of nitrogens with two attached hydrogens (primary N) is 1. The summed E-state index contributed by atoms with van der Waals surface area (Å²) in [5.41, 5.74) is 8.88. The average molecular weight is 455 g/mol. The van der Waals surface area contributed by atoms with E-state index in [4.69, 9.17) is 10.7 Å². The number of piperidine rings is 2. The van der Waals surface area contributed by atoms with Crippen LogP contribution in [0.15, 0.2) is 72.0 Å². The molecule has 0 saturated carbocycles. The molecule has 7 heteroatoms. The Morgan fingerprint density at radius 1 is 1.03 bits per heavy atom. The standard InChI is InChI=1S/C27H30N6O/c28-13-5-14-29-22-7-3-6-21(18-22)20-33-15-4-10-27(26(33)34)11-16-32(17-12-27)25-19-30-23-8-1-2-9-24(23)31-25/h1-3,5-9,13-14,18-19H,4,10-12,15-17,20,28H2. The summed E-state index contributed by atoms with van der Waals surface area (Å²) in [5, 5.41) is 0. The van der Waals surface area contributed by atoms with Crippen molar-refractivity contribution in [2.24, 2.45) is 16.1 Å². The van der Waals surface area contributed by atoms with Crippen LogP contribution in [-0.2, 0) is 11.3 Å². The maximum Gasteiger partial charge on any atom is 0.229 e. The van der Waals surface area contributed by atoms with Gasteiger partial charge in [-0.05, 0) is 67.8 Å². The predicted molar refractivity (Wildman–Crippen MR) is 136 cm³/mol. The first kappa shape index (κ1) is 22.1. The number of nitrogens with zero attached hydrogens (tertiary/aromatic N) is 5. The molecule has 0 atom stereocenters. The van der Waals surface area contributed by atoms with Crippen molar-refractivity contribution in [1.29, 1.82) is 0 Å². The Morgan fingerprint density at radius 2 is 1.85 bits per heavy atom. The number of aliphatic imine (C=N–C) groups is 1. The third-order valence-electron chi connectivity index (χ3n) is 7.01. The number of likely N-dealkylation sites (tertiary alicyclic amines) is 1. The van der Waals surface area contributed by atoms with Gasteiger partial charge in [-0.15, -0.1) is 0 Å². The van der Waals surface area contributed by atoms with Crippen LogP contribution < -0.4 is 10.6 Å². The molecular weight excluding hydrogens is 424 g/mol. The molecule has 2 aliphatic heterocycles. The number of carbonyl (C=O) groups is 1. The summed E-state index contributed by atoms with van der Waals surface area (Å²) >= 11 is 0. The molecule has 0 radical (unpaired) electrons. The van der Waals surface area contributed by atoms with Gasteiger partial charge >= 0.3 is 0 Å². The third-order valence-corrected chi connectivity index (χ3v) is 7.01. The van der Waals surface area contributed by atoms with Crippen LogP contribution in [0.25, 0.3) is 11.0 Å². The average Bonchev–Trinajstić information content (AvgIpc) is 2.88. The molecule has 2 aliphatic rings. The number of benzene rings is 2. The van der Waals surface area contributed by atoms with Crippen molar-refractivity contribution >= 4 is 34.7 Å². The Labute approximate surface area is 200 Å². The molecule has 174 valence electrons. The van der Waals surface area contributed by atoms with Crippen molar-refractivity contribution in [2.75, 3.05) is 24.5 Å². The van der Waals surface area contributed by atoms with Gasteiger partial charge in [-0.25, -0.2) is 4.98 Å². The summed E-state index contributed by atoms with van der Waals surface area (Å²) in [6.07, 6.45) is 10.4. The minimum absolute atomic E-state index is 0.263. The second-order valence-electron chi connectivity index (χ2n) is 9.15. The van der Waals surface area contributed by atoms with Gasteiger partial charge in [0.05, 0.1) is 28.3 Å². The van der Waals surface area contributed by atoms with E-state index in [1.807, 2.05) is 53.6 Å². The van der Waals surface area contributed by atoms with E-state index in [1.165, 1.54) is 6.20 Å². The van der Waals surface area contributed by atoms with Crippen LogP contribution in [0.3, 0.4) is 0 Å². The highest BCUT2D eigenvalue weighted by Gasteiger charge is 2.45. The monoisotopic (exact) mass is 454 g/mol. The molecule has 2 N–H and O–H groups in total. The number of allylic oxidation sites excluding steroid dienone is 1. The van der Waals surface area contributed by atoms with E-state index in [0.29, 0.717) is 12.5 Å². The highest BCUT2D eigenvalue weighted by Crippen LogP contribution is 2.42. The molecule has 3 aromatic rings. The molecule has 2 aromatic carbocycles. The topological polar surface area (TPSA) is 87.7 Å². The summed E-state index contributed by atoms with van der Waals surface area (Å²) in [6, 6.07) is 16.0. The fourth-order valence-electron chi connectivity index (χ4n) is 5.16. The molecule has 1 spiro atoms. The molecule has 2 fully saturated rings. The molecule has 1 amide bonds. The van der Waals surface area contributed by atoms with Gasteiger partial charge in [-0.2, -0.15) is 0 Å². The van der Waals surface area contributed by atoms with Crippen LogP contribution in [0.4, 0.5) is 11.5 Å². The van der Waals surface area contributed by atoms with Crippen LogP contribution >= 0.6 is 0 Å². The first-order valence-electron chi connectivity index (χ1n) is 11.9. The first-order chi connectivity index (χ1) is 16.7. The second kappa shape index (κ2) is 9.63. The Hall–Kier alpha value is -3.74. The molecular formula is C27H30N6O. The van der Waals surface area contributed by atoms with Gasteiger partial charge in [-0.3, -0.25) is 14.8 Å². The van der Waals surface area contributed by atoms with E-state index in [1.54, 1.807) is 12.3 Å². The minimum atomic E-state index is -0.263. The van der Waals surface area contributed by atoms with Crippen molar-refractivity contribution in [1.82, 2.24) is 14.9 Å². The summed E-state index contributed by atoms with van der Waals surface area (Å²) in [5.74, 6) is 1.19. The lowest BCUT2D eigenvalue weighted by Crippen LogP contribution is -2.53. The van der Waals surface area contributed by atoms with Crippen molar-refractivity contribution in [3.05, 3.63) is 72.6 Å². The number of aromatic nitrogens is 2. The minimum Gasteiger partial charge on any atom is -0.405 e. The predicted octanol–water partition coefficient (Wildman–Crippen LogP) is 4.21. The van der Waals surface area contributed by atoms with Crippen molar-refractivity contribution in [2.45, 2.75) is 32.2 Å². The molecule has 1 aromatic heterocycles. The van der Waals surface area contributed by atoms with Gasteiger partial charge in [0.25, 0.3) is 0 Å². The second-order valence-corrected chi connectivity index (χ2v) is 9.15. The van der Waals surface area contributed by atoms with Gasteiger partial charge in [0.1, 0.15) is 5.82 Å². The zero-order valence-electron chi connectivity index (χ0n) is 19.3. The van der Waals surface area contributed by atoms with Gasteiger partial charge in [0.15, 0.2) is 0 Å². The number of rotatable bonds is 5. The van der Waals surface area contributed by atoms with Gasteiger partial charge in [-0.1, -0.05) is 24.3 Å². The van der Waals surface area contributed by atoms with Crippen LogP contribution in [0.2, 0.25) is 0 Å². The highest BCUT2D eigenvalue weighted by atomic mass is 16.2. The molecule has 0 aliphatic carbocycles. The molecule has 3 heterocycles. The number of amides is 1. The van der Waals surface area contributed by atoms with Crippen LogP contribution in [0.1, 0.15) is 31.2 Å². The van der Waals surface area contributed by atoms with Crippen molar-refractivity contribution < 1.29 is 4.79 Å². The smallest absolute Gasteiger partial charge is 0.229 e. The Balaban J connectivity index is 1.26. The number of hydrogen-bond donors (Lipinski definition) is 1. The lowest BCUT2D eigenvalue weighted by molar-refractivity contribution is -0.148. The highest BCUT2D eigenvalue weighted by molar-refractivity contribution is 5.84. The first-order valence-corrected chi connectivity index (χ1v) is 11.9. The number of fused-ring (bicyclic) bond motifs is 1. The van der Waals surface area contributed by atoms with Crippen molar-refractivity contribution in [3.63, 3.8) is 0 Å². The van der Waals surface area contributed by atoms with Gasteiger partial charge < -0.3 is 15.5 Å². The lowest BCUT2D eigenvalue weighted by atomic mass is 9.71. The fourth-order valence-corrected chi connectivity index (χ4v) is 5.16. The van der Waals surface area contributed by atoms with E-state index in [-0.39, 0.29) is 5.41 Å². The van der Waals surface area contributed by atoms with Crippen LogP contribution in [0, 0.1) is 5.41 Å². The van der Waals surface area contributed by atoms with Crippen LogP contribution in [-0.4, -0.2) is 46.6 Å². The third kappa shape index (κ3) is 4.51. The van der Waals surface area contributed by atoms with E-state index in [9.17, 15) is 4.79 Å². The molecule has 0 bridgehead atoms. The molecule has 7 nitrogen and oxygen atoms in total. The SMILES string of the molecule is NC=CC=Nc1cccc(CN2CCCC3(CCN(c4cnc5ccccc5n4)CC3)C2=O)c1. The Bertz CT molecular complexity index is 1230. The lowest BCUT2D eigenvalue weighted by Gasteiger charge is -2.46. The summed E-state index contributed by atoms with van der Waals surface area (Å²) in [4.78, 5) is 31.7. The zero-order chi connectivity index (χ0) is 23.4. The maximum absolute atomic E-state index is 13.6. The number of hydrogen-bond acceptors (Lipinski definition) is 6. The zero-order valence-corrected chi connectivity index (χ0v) is 19.3. The number of anilines is 1. The maximum atomic E-state index is 13.6. The molecule has 5 rings (SSSR count). The van der Waals surface area contributed by atoms with Gasteiger partial charge in [0.2, 0.25) is 5.91 Å². The molecule has 0 unspecified atom stereocenters. The van der Waals surface area contributed by atoms with Crippen molar-refractivity contribution in [3.8, 4) is 0 Å². The summed E-state index contributed by atoms with van der Waals surface area (Å²) in [7, 11) is 0. The molecule has 34 heavy (non-hydrogen) atoms. The van der Waals surface area contributed by atoms with Gasteiger partial charge in [0, 0.05) is 32.4 Å². The quantitative estimate of drug-likeness (QED) is 0.584. The van der Waals surface area contributed by atoms with E-state index in [0.717, 1.165) is 73.4 Å². The van der Waals surface area contributed by atoms with E-state index < -0.39 is 0 Å². The fraction of sp³-hybridized carbons (Fsp3) is 0.333. The largest absolute Gasteiger partial charge is 0.405 e. The summed E-state index contributed by atoms with van der Waals surface area (Å²) in [6.45, 7) is 3.08. The van der Waals surface area contributed by atoms with E-state index >= 15 is 0 Å². The number of carbonyl (C=O) groups excluding carboxylic acids is 1. The summed E-state index contributed by atoms with van der Waals surface area (Å²) < 4.78 is 0. The Morgan fingerprint density at radius 3 is 2.68 bits per heavy atom. The number of para-hydroxylation sites is 2. The molecule has 2 saturated heterocycles.